The summed E-state index contributed by atoms with van der Waals surface area (Å²) in [5, 5.41) is 3.56. The van der Waals surface area contributed by atoms with Crippen molar-refractivity contribution in [3.8, 4) is 0 Å². The maximum Gasteiger partial charge on any atom is 0.251 e. The molecule has 2 amide bonds. The highest BCUT2D eigenvalue weighted by molar-refractivity contribution is 7.18. The van der Waals surface area contributed by atoms with Crippen LogP contribution in [-0.4, -0.2) is 35.3 Å². The summed E-state index contributed by atoms with van der Waals surface area (Å²) >= 11 is 1.57. The third-order valence-corrected chi connectivity index (χ3v) is 4.95. The molecule has 0 spiro atoms. The molecule has 1 N–H and O–H groups in total. The fraction of sp³-hybridized carbons (Fsp3) is 0.211. The topological polar surface area (TPSA) is 62.3 Å². The van der Waals surface area contributed by atoms with Gasteiger partial charge in [-0.05, 0) is 30.7 Å². The summed E-state index contributed by atoms with van der Waals surface area (Å²) in [6.07, 6.45) is 0. The molecule has 0 atom stereocenters. The molecular formula is C19H19N3O2S. The van der Waals surface area contributed by atoms with Crippen molar-refractivity contribution in [2.45, 2.75) is 13.5 Å². The van der Waals surface area contributed by atoms with E-state index in [1.807, 2.05) is 49.4 Å². The zero-order chi connectivity index (χ0) is 17.8. The summed E-state index contributed by atoms with van der Waals surface area (Å²) in [4.78, 5) is 30.6. The molecule has 1 heterocycles. The maximum atomic E-state index is 12.3. The first kappa shape index (κ1) is 17.1. The summed E-state index contributed by atoms with van der Waals surface area (Å²) in [6, 6.07) is 15.2. The summed E-state index contributed by atoms with van der Waals surface area (Å²) in [5.41, 5.74) is 2.41. The molecule has 0 bridgehead atoms. The minimum absolute atomic E-state index is 0.0332. The van der Waals surface area contributed by atoms with E-state index in [-0.39, 0.29) is 18.4 Å². The van der Waals surface area contributed by atoms with Gasteiger partial charge in [0, 0.05) is 12.6 Å². The van der Waals surface area contributed by atoms with Crippen LogP contribution in [0.4, 0.5) is 0 Å². The molecule has 0 unspecified atom stereocenters. The Balaban J connectivity index is 1.57. The van der Waals surface area contributed by atoms with Gasteiger partial charge in [-0.3, -0.25) is 9.59 Å². The number of carbonyl (C=O) groups excluding carboxylic acids is 2. The molecule has 0 radical (unpaired) electrons. The van der Waals surface area contributed by atoms with Gasteiger partial charge in [-0.1, -0.05) is 30.3 Å². The third-order valence-electron chi connectivity index (χ3n) is 3.93. The second kappa shape index (κ2) is 7.44. The highest BCUT2D eigenvalue weighted by Crippen LogP contribution is 2.22. The minimum atomic E-state index is -0.236. The normalized spacial score (nSPS) is 10.6. The van der Waals surface area contributed by atoms with Gasteiger partial charge in [0.15, 0.2) is 0 Å². The lowest BCUT2D eigenvalue weighted by molar-refractivity contribution is -0.129. The Morgan fingerprint density at radius 1 is 1.12 bits per heavy atom. The lowest BCUT2D eigenvalue weighted by Crippen LogP contribution is -2.38. The van der Waals surface area contributed by atoms with Crippen LogP contribution in [0.25, 0.3) is 10.2 Å². The van der Waals surface area contributed by atoms with E-state index < -0.39 is 0 Å². The van der Waals surface area contributed by atoms with E-state index in [4.69, 9.17) is 0 Å². The van der Waals surface area contributed by atoms with Gasteiger partial charge in [0.1, 0.15) is 5.01 Å². The summed E-state index contributed by atoms with van der Waals surface area (Å²) in [5.74, 6) is -0.388. The van der Waals surface area contributed by atoms with Gasteiger partial charge >= 0.3 is 0 Å². The molecule has 1 aromatic heterocycles. The number of nitrogens with one attached hydrogen (secondary N) is 1. The van der Waals surface area contributed by atoms with E-state index >= 15 is 0 Å². The molecule has 0 fully saturated rings. The molecule has 0 saturated carbocycles. The zero-order valence-electron chi connectivity index (χ0n) is 14.2. The number of rotatable bonds is 5. The van der Waals surface area contributed by atoms with Crippen molar-refractivity contribution >= 4 is 33.4 Å². The van der Waals surface area contributed by atoms with Crippen LogP contribution in [0, 0.1) is 6.92 Å². The summed E-state index contributed by atoms with van der Waals surface area (Å²) in [7, 11) is 1.72. The predicted octanol–water partition coefficient (Wildman–Crippen LogP) is 2.99. The lowest BCUT2D eigenvalue weighted by atomic mass is 10.1. The molecule has 5 nitrogen and oxygen atoms in total. The van der Waals surface area contributed by atoms with Crippen LogP contribution >= 0.6 is 11.3 Å². The summed E-state index contributed by atoms with van der Waals surface area (Å²) < 4.78 is 1.10. The van der Waals surface area contributed by atoms with Crippen molar-refractivity contribution in [3.05, 3.63) is 64.7 Å². The first-order valence-corrected chi connectivity index (χ1v) is 8.78. The Bertz CT molecular complexity index is 887. The second-order valence-electron chi connectivity index (χ2n) is 5.82. The van der Waals surface area contributed by atoms with Gasteiger partial charge in [-0.2, -0.15) is 0 Å². The number of para-hydroxylation sites is 1. The number of hydrogen-bond donors (Lipinski definition) is 1. The average molecular weight is 353 g/mol. The number of fused-ring (bicyclic) bond motifs is 1. The SMILES string of the molecule is Cc1ccccc1C(=O)NCC(=O)N(C)Cc1nc2ccccc2s1. The van der Waals surface area contributed by atoms with E-state index in [0.717, 1.165) is 20.8 Å². The number of hydrogen-bond acceptors (Lipinski definition) is 4. The summed E-state index contributed by atoms with van der Waals surface area (Å²) in [6.45, 7) is 2.27. The van der Waals surface area contributed by atoms with Crippen LogP contribution in [0.15, 0.2) is 48.5 Å². The molecule has 0 aliphatic carbocycles. The van der Waals surface area contributed by atoms with Crippen molar-refractivity contribution in [3.63, 3.8) is 0 Å². The Morgan fingerprint density at radius 2 is 1.84 bits per heavy atom. The van der Waals surface area contributed by atoms with Crippen LogP contribution in [0.1, 0.15) is 20.9 Å². The Hall–Kier alpha value is -2.73. The number of likely N-dealkylation sites (N-methyl/N-ethyl adjacent to an activating group) is 1. The van der Waals surface area contributed by atoms with Gasteiger partial charge in [-0.25, -0.2) is 4.98 Å². The predicted molar refractivity (Wildman–Crippen MR) is 99.6 cm³/mol. The number of carbonyl (C=O) groups is 2. The number of aromatic nitrogens is 1. The zero-order valence-corrected chi connectivity index (χ0v) is 15.0. The number of aryl methyl sites for hydroxylation is 1. The monoisotopic (exact) mass is 353 g/mol. The molecule has 3 rings (SSSR count). The van der Waals surface area contributed by atoms with Crippen molar-refractivity contribution in [1.82, 2.24) is 15.2 Å². The molecule has 3 aromatic rings. The molecule has 0 aliphatic heterocycles. The van der Waals surface area contributed by atoms with Crippen molar-refractivity contribution < 1.29 is 9.59 Å². The molecule has 25 heavy (non-hydrogen) atoms. The Morgan fingerprint density at radius 3 is 2.60 bits per heavy atom. The van der Waals surface area contributed by atoms with Gasteiger partial charge in [0.25, 0.3) is 5.91 Å². The van der Waals surface area contributed by atoms with Crippen molar-refractivity contribution in [2.75, 3.05) is 13.6 Å². The highest BCUT2D eigenvalue weighted by atomic mass is 32.1. The van der Waals surface area contributed by atoms with E-state index in [2.05, 4.69) is 10.3 Å². The average Bonchev–Trinajstić information content (AvgIpc) is 3.01. The molecule has 6 heteroatoms. The Labute approximate surface area is 150 Å². The van der Waals surface area contributed by atoms with Crippen LogP contribution in [0.5, 0.6) is 0 Å². The van der Waals surface area contributed by atoms with Crippen LogP contribution in [-0.2, 0) is 11.3 Å². The van der Waals surface area contributed by atoms with Crippen LogP contribution in [0.2, 0.25) is 0 Å². The largest absolute Gasteiger partial charge is 0.343 e. The lowest BCUT2D eigenvalue weighted by Gasteiger charge is -2.16. The van der Waals surface area contributed by atoms with Gasteiger partial charge < -0.3 is 10.2 Å². The maximum absolute atomic E-state index is 12.3. The molecule has 0 saturated heterocycles. The highest BCUT2D eigenvalue weighted by Gasteiger charge is 2.14. The van der Waals surface area contributed by atoms with E-state index in [1.165, 1.54) is 0 Å². The number of thiazole rings is 1. The molecule has 2 aromatic carbocycles. The fourth-order valence-electron chi connectivity index (χ4n) is 2.49. The van der Waals surface area contributed by atoms with Gasteiger partial charge in [-0.15, -0.1) is 11.3 Å². The number of nitrogens with zero attached hydrogens (tertiary/aromatic N) is 2. The van der Waals surface area contributed by atoms with E-state index in [1.54, 1.807) is 29.4 Å². The quantitative estimate of drug-likeness (QED) is 0.767. The number of benzene rings is 2. The smallest absolute Gasteiger partial charge is 0.251 e. The van der Waals surface area contributed by atoms with Crippen LogP contribution in [0.3, 0.4) is 0 Å². The first-order chi connectivity index (χ1) is 12.0. The third kappa shape index (κ3) is 4.03. The van der Waals surface area contributed by atoms with E-state index in [9.17, 15) is 9.59 Å². The van der Waals surface area contributed by atoms with E-state index in [0.29, 0.717) is 12.1 Å². The van der Waals surface area contributed by atoms with Gasteiger partial charge in [0.05, 0.1) is 23.3 Å². The fourth-order valence-corrected chi connectivity index (χ4v) is 3.51. The van der Waals surface area contributed by atoms with Crippen molar-refractivity contribution in [2.24, 2.45) is 0 Å². The molecular weight excluding hydrogens is 334 g/mol. The minimum Gasteiger partial charge on any atom is -0.343 e. The molecule has 128 valence electrons. The number of amides is 2. The Kier molecular flexibility index (Phi) is 5.09. The standard InChI is InChI=1S/C19H19N3O2S/c1-13-7-3-4-8-14(13)19(24)20-11-18(23)22(2)12-17-21-15-9-5-6-10-16(15)25-17/h3-10H,11-12H2,1-2H3,(H,20,24). The van der Waals surface area contributed by atoms with Gasteiger partial charge in [0.2, 0.25) is 5.91 Å². The second-order valence-corrected chi connectivity index (χ2v) is 6.94. The van der Waals surface area contributed by atoms with Crippen molar-refractivity contribution in [1.29, 1.82) is 0 Å². The molecule has 0 aliphatic rings. The first-order valence-electron chi connectivity index (χ1n) is 7.97. The van der Waals surface area contributed by atoms with Crippen LogP contribution < -0.4 is 5.32 Å².